The highest BCUT2D eigenvalue weighted by atomic mass is 16.1. The highest BCUT2D eigenvalue weighted by molar-refractivity contribution is 5.94. The van der Waals surface area contributed by atoms with E-state index in [-0.39, 0.29) is 5.78 Å². The van der Waals surface area contributed by atoms with Crippen molar-refractivity contribution in [2.45, 2.75) is 33.6 Å². The Morgan fingerprint density at radius 2 is 2.00 bits per heavy atom. The Hall–Kier alpha value is -1.31. The van der Waals surface area contributed by atoms with Crippen molar-refractivity contribution in [3.8, 4) is 0 Å². The maximum atomic E-state index is 11.3. The highest BCUT2D eigenvalue weighted by Gasteiger charge is 2.08. The standard InChI is InChI=1S/C14H21NO/c1-5-9-15(4)14-8-7-13(11(3)16)10-12(14)6-2/h7-8,10H,5-6,9H2,1-4H3. The van der Waals surface area contributed by atoms with E-state index in [0.717, 1.165) is 24.9 Å². The predicted octanol–water partition coefficient (Wildman–Crippen LogP) is 3.30. The van der Waals surface area contributed by atoms with Gasteiger partial charge < -0.3 is 4.90 Å². The number of anilines is 1. The molecule has 1 aromatic rings. The summed E-state index contributed by atoms with van der Waals surface area (Å²) < 4.78 is 0. The van der Waals surface area contributed by atoms with E-state index in [1.807, 2.05) is 12.1 Å². The van der Waals surface area contributed by atoms with Crippen molar-refractivity contribution in [1.82, 2.24) is 0 Å². The van der Waals surface area contributed by atoms with Gasteiger partial charge in [0.05, 0.1) is 0 Å². The number of hydrogen-bond donors (Lipinski definition) is 0. The zero-order valence-electron chi connectivity index (χ0n) is 10.7. The van der Waals surface area contributed by atoms with E-state index in [9.17, 15) is 4.79 Å². The average Bonchev–Trinajstić information content (AvgIpc) is 2.28. The third-order valence-corrected chi connectivity index (χ3v) is 2.84. The first-order chi connectivity index (χ1) is 7.60. The van der Waals surface area contributed by atoms with Gasteiger partial charge in [-0.25, -0.2) is 0 Å². The van der Waals surface area contributed by atoms with Gasteiger partial charge in [0.1, 0.15) is 0 Å². The Labute approximate surface area is 98.3 Å². The molecular formula is C14H21NO. The summed E-state index contributed by atoms with van der Waals surface area (Å²) in [7, 11) is 2.10. The highest BCUT2D eigenvalue weighted by Crippen LogP contribution is 2.22. The van der Waals surface area contributed by atoms with E-state index in [0.29, 0.717) is 0 Å². The molecule has 1 aromatic carbocycles. The van der Waals surface area contributed by atoms with Gasteiger partial charge in [-0.1, -0.05) is 13.8 Å². The van der Waals surface area contributed by atoms with Crippen LogP contribution in [0.25, 0.3) is 0 Å². The first-order valence-corrected chi connectivity index (χ1v) is 5.95. The lowest BCUT2D eigenvalue weighted by molar-refractivity contribution is 0.101. The number of hydrogen-bond acceptors (Lipinski definition) is 2. The van der Waals surface area contributed by atoms with E-state index in [2.05, 4.69) is 31.9 Å². The topological polar surface area (TPSA) is 20.3 Å². The normalized spacial score (nSPS) is 10.2. The first kappa shape index (κ1) is 12.8. The van der Waals surface area contributed by atoms with Crippen molar-refractivity contribution in [3.63, 3.8) is 0 Å². The number of carbonyl (C=O) groups is 1. The number of carbonyl (C=O) groups excluding carboxylic acids is 1. The molecule has 0 saturated carbocycles. The van der Waals surface area contributed by atoms with Gasteiger partial charge in [0, 0.05) is 24.8 Å². The quantitative estimate of drug-likeness (QED) is 0.708. The van der Waals surface area contributed by atoms with Crippen LogP contribution >= 0.6 is 0 Å². The molecule has 0 N–H and O–H groups in total. The molecule has 0 atom stereocenters. The number of aryl methyl sites for hydroxylation is 1. The molecule has 0 aromatic heterocycles. The van der Waals surface area contributed by atoms with Crippen molar-refractivity contribution < 1.29 is 4.79 Å². The largest absolute Gasteiger partial charge is 0.374 e. The van der Waals surface area contributed by atoms with Gasteiger partial charge in [-0.05, 0) is 43.5 Å². The lowest BCUT2D eigenvalue weighted by Gasteiger charge is -2.22. The zero-order chi connectivity index (χ0) is 12.1. The average molecular weight is 219 g/mol. The van der Waals surface area contributed by atoms with Gasteiger partial charge >= 0.3 is 0 Å². The molecule has 1 rings (SSSR count). The number of nitrogens with zero attached hydrogens (tertiary/aromatic N) is 1. The maximum Gasteiger partial charge on any atom is 0.159 e. The van der Waals surface area contributed by atoms with Crippen LogP contribution in [-0.2, 0) is 6.42 Å². The summed E-state index contributed by atoms with van der Waals surface area (Å²) in [5.41, 5.74) is 3.31. The molecule has 0 aliphatic carbocycles. The van der Waals surface area contributed by atoms with Gasteiger partial charge in [-0.3, -0.25) is 4.79 Å². The number of ketones is 1. The van der Waals surface area contributed by atoms with Gasteiger partial charge in [-0.15, -0.1) is 0 Å². The Bertz CT molecular complexity index is 371. The van der Waals surface area contributed by atoms with Crippen molar-refractivity contribution in [2.24, 2.45) is 0 Å². The third-order valence-electron chi connectivity index (χ3n) is 2.84. The number of rotatable bonds is 5. The molecule has 2 heteroatoms. The van der Waals surface area contributed by atoms with E-state index >= 15 is 0 Å². The molecular weight excluding hydrogens is 198 g/mol. The van der Waals surface area contributed by atoms with Gasteiger partial charge in [0.15, 0.2) is 5.78 Å². The molecule has 88 valence electrons. The zero-order valence-corrected chi connectivity index (χ0v) is 10.7. The molecule has 0 aliphatic heterocycles. The predicted molar refractivity (Wildman–Crippen MR) is 69.4 cm³/mol. The summed E-state index contributed by atoms with van der Waals surface area (Å²) >= 11 is 0. The lowest BCUT2D eigenvalue weighted by atomic mass is 10.0. The summed E-state index contributed by atoms with van der Waals surface area (Å²) in [6, 6.07) is 6.00. The van der Waals surface area contributed by atoms with Crippen LogP contribution in [0.1, 0.15) is 43.1 Å². The van der Waals surface area contributed by atoms with Crippen molar-refractivity contribution in [3.05, 3.63) is 29.3 Å². The van der Waals surface area contributed by atoms with Gasteiger partial charge in [0.25, 0.3) is 0 Å². The number of benzene rings is 1. The summed E-state index contributed by atoms with van der Waals surface area (Å²) in [6.45, 7) is 6.96. The van der Waals surface area contributed by atoms with Crippen LogP contribution in [0.3, 0.4) is 0 Å². The smallest absolute Gasteiger partial charge is 0.159 e. The van der Waals surface area contributed by atoms with Crippen LogP contribution in [0, 0.1) is 0 Å². The van der Waals surface area contributed by atoms with Crippen LogP contribution in [0.15, 0.2) is 18.2 Å². The Kier molecular flexibility index (Phi) is 4.53. The minimum Gasteiger partial charge on any atom is -0.374 e. The van der Waals surface area contributed by atoms with Crippen molar-refractivity contribution >= 4 is 11.5 Å². The van der Waals surface area contributed by atoms with Crippen LogP contribution in [0.2, 0.25) is 0 Å². The fraction of sp³-hybridized carbons (Fsp3) is 0.500. The van der Waals surface area contributed by atoms with Gasteiger partial charge in [-0.2, -0.15) is 0 Å². The second kappa shape index (κ2) is 5.69. The van der Waals surface area contributed by atoms with Crippen LogP contribution in [0.5, 0.6) is 0 Å². The minimum absolute atomic E-state index is 0.138. The summed E-state index contributed by atoms with van der Waals surface area (Å²) in [6.07, 6.45) is 2.10. The fourth-order valence-electron chi connectivity index (χ4n) is 1.92. The first-order valence-electron chi connectivity index (χ1n) is 5.95. The monoisotopic (exact) mass is 219 g/mol. The second-order valence-electron chi connectivity index (χ2n) is 4.17. The fourth-order valence-corrected chi connectivity index (χ4v) is 1.92. The lowest BCUT2D eigenvalue weighted by Crippen LogP contribution is -2.19. The molecule has 0 amide bonds. The molecule has 0 saturated heterocycles. The molecule has 0 aliphatic rings. The molecule has 0 fully saturated rings. The third kappa shape index (κ3) is 2.84. The van der Waals surface area contributed by atoms with E-state index in [4.69, 9.17) is 0 Å². The van der Waals surface area contributed by atoms with Crippen LogP contribution in [-0.4, -0.2) is 19.4 Å². The van der Waals surface area contributed by atoms with E-state index in [1.54, 1.807) is 6.92 Å². The summed E-state index contributed by atoms with van der Waals surface area (Å²) in [5.74, 6) is 0.138. The number of Topliss-reactive ketones (excluding diaryl/α,β-unsaturated/α-hetero) is 1. The van der Waals surface area contributed by atoms with Gasteiger partial charge in [0.2, 0.25) is 0 Å². The molecule has 0 heterocycles. The Balaban J connectivity index is 3.06. The van der Waals surface area contributed by atoms with Crippen molar-refractivity contribution in [1.29, 1.82) is 0 Å². The SMILES string of the molecule is CCCN(C)c1ccc(C(C)=O)cc1CC. The van der Waals surface area contributed by atoms with E-state index in [1.165, 1.54) is 11.3 Å². The molecule has 0 bridgehead atoms. The van der Waals surface area contributed by atoms with Crippen molar-refractivity contribution in [2.75, 3.05) is 18.5 Å². The summed E-state index contributed by atoms with van der Waals surface area (Å²) in [4.78, 5) is 13.6. The molecule has 0 radical (unpaired) electrons. The molecule has 0 spiro atoms. The summed E-state index contributed by atoms with van der Waals surface area (Å²) in [5, 5.41) is 0. The molecule has 2 nitrogen and oxygen atoms in total. The van der Waals surface area contributed by atoms with E-state index < -0.39 is 0 Å². The molecule has 0 unspecified atom stereocenters. The van der Waals surface area contributed by atoms with Crippen LogP contribution < -0.4 is 4.90 Å². The minimum atomic E-state index is 0.138. The Morgan fingerprint density at radius 3 is 2.50 bits per heavy atom. The second-order valence-corrected chi connectivity index (χ2v) is 4.17. The Morgan fingerprint density at radius 1 is 1.31 bits per heavy atom. The molecule has 16 heavy (non-hydrogen) atoms. The maximum absolute atomic E-state index is 11.3. The van der Waals surface area contributed by atoms with Crippen LogP contribution in [0.4, 0.5) is 5.69 Å².